The van der Waals surface area contributed by atoms with Crippen molar-refractivity contribution in [2.45, 2.75) is 25.2 Å². The van der Waals surface area contributed by atoms with Crippen molar-refractivity contribution in [2.24, 2.45) is 0 Å². The number of hydrogen-bond donors (Lipinski definition) is 4. The number of nitrogen functional groups attached to an aromatic ring is 3. The number of nitrogens with two attached hydrogens (primary N) is 3. The van der Waals surface area contributed by atoms with Crippen LogP contribution in [0, 0.1) is 0 Å². The molecular formula is C28H29N3O. The quantitative estimate of drug-likeness (QED) is 0.303. The van der Waals surface area contributed by atoms with Gasteiger partial charge in [0, 0.05) is 23.5 Å². The summed E-state index contributed by atoms with van der Waals surface area (Å²) in [5.41, 5.74) is 25.4. The predicted octanol–water partition coefficient (Wildman–Crippen LogP) is 5.30. The Morgan fingerprint density at radius 2 is 1.31 bits per heavy atom. The number of para-hydroxylation sites is 2. The number of hydrogen-bond acceptors (Lipinski definition) is 4. The van der Waals surface area contributed by atoms with Gasteiger partial charge in [-0.1, -0.05) is 60.7 Å². The van der Waals surface area contributed by atoms with Gasteiger partial charge in [0.2, 0.25) is 0 Å². The number of anilines is 3. The molecule has 0 aromatic heterocycles. The molecule has 0 amide bonds. The molecule has 0 radical (unpaired) electrons. The molecule has 4 aromatic carbocycles. The van der Waals surface area contributed by atoms with Crippen molar-refractivity contribution in [3.05, 3.63) is 119 Å². The molecular weight excluding hydrogens is 394 g/mol. The summed E-state index contributed by atoms with van der Waals surface area (Å²) in [6, 6.07) is 29.6. The lowest BCUT2D eigenvalue weighted by Crippen LogP contribution is -2.09. The predicted molar refractivity (Wildman–Crippen MR) is 134 cm³/mol. The highest BCUT2D eigenvalue weighted by Gasteiger charge is 2.19. The van der Waals surface area contributed by atoms with Gasteiger partial charge in [-0.15, -0.1) is 0 Å². The number of benzene rings is 4. The van der Waals surface area contributed by atoms with Crippen LogP contribution < -0.4 is 17.2 Å². The van der Waals surface area contributed by atoms with Gasteiger partial charge >= 0.3 is 0 Å². The molecule has 4 heteroatoms. The normalized spacial score (nSPS) is 11.9. The molecule has 0 aliphatic rings. The van der Waals surface area contributed by atoms with Crippen LogP contribution in [-0.4, -0.2) is 5.11 Å². The molecule has 0 heterocycles. The second-order valence-electron chi connectivity index (χ2n) is 8.32. The minimum absolute atomic E-state index is 0.0773. The Morgan fingerprint density at radius 3 is 2.06 bits per heavy atom. The molecule has 0 saturated carbocycles. The smallest absolute Gasteiger partial charge is 0.122 e. The lowest BCUT2D eigenvalue weighted by molar-refractivity contribution is 0.454. The van der Waals surface area contributed by atoms with Crippen LogP contribution in [0.5, 0.6) is 5.75 Å². The highest BCUT2D eigenvalue weighted by molar-refractivity contribution is 5.52. The topological polar surface area (TPSA) is 98.3 Å². The minimum Gasteiger partial charge on any atom is -0.507 e. The maximum absolute atomic E-state index is 11.3. The van der Waals surface area contributed by atoms with Crippen molar-refractivity contribution in [2.75, 3.05) is 17.2 Å². The van der Waals surface area contributed by atoms with Crippen molar-refractivity contribution in [1.82, 2.24) is 0 Å². The van der Waals surface area contributed by atoms with Gasteiger partial charge in [-0.05, 0) is 76.9 Å². The van der Waals surface area contributed by atoms with E-state index in [9.17, 15) is 5.11 Å². The fraction of sp³-hybridized carbons (Fsp3) is 0.143. The largest absolute Gasteiger partial charge is 0.507 e. The highest BCUT2D eigenvalue weighted by atomic mass is 16.3. The van der Waals surface area contributed by atoms with E-state index in [-0.39, 0.29) is 5.92 Å². The van der Waals surface area contributed by atoms with E-state index >= 15 is 0 Å². The first-order valence-electron chi connectivity index (χ1n) is 10.8. The first-order valence-corrected chi connectivity index (χ1v) is 10.8. The lowest BCUT2D eigenvalue weighted by Gasteiger charge is -2.21. The van der Waals surface area contributed by atoms with E-state index in [1.165, 1.54) is 5.56 Å². The number of rotatable bonds is 7. The highest BCUT2D eigenvalue weighted by Crippen LogP contribution is 2.35. The van der Waals surface area contributed by atoms with E-state index in [0.717, 1.165) is 52.2 Å². The second-order valence-corrected chi connectivity index (χ2v) is 8.32. The molecule has 1 unspecified atom stereocenters. The van der Waals surface area contributed by atoms with Gasteiger partial charge in [0.1, 0.15) is 5.75 Å². The summed E-state index contributed by atoms with van der Waals surface area (Å²) < 4.78 is 0. The summed E-state index contributed by atoms with van der Waals surface area (Å²) in [6.45, 7) is 0. The maximum atomic E-state index is 11.3. The third-order valence-corrected chi connectivity index (χ3v) is 5.92. The fourth-order valence-electron chi connectivity index (χ4n) is 4.22. The molecule has 32 heavy (non-hydrogen) atoms. The second kappa shape index (κ2) is 9.48. The van der Waals surface area contributed by atoms with Crippen LogP contribution in [0.25, 0.3) is 0 Å². The summed E-state index contributed by atoms with van der Waals surface area (Å²) in [6.07, 6.45) is 2.12. The molecule has 0 bridgehead atoms. The molecule has 4 rings (SSSR count). The van der Waals surface area contributed by atoms with Gasteiger partial charge in [0.25, 0.3) is 0 Å². The molecule has 0 aliphatic heterocycles. The molecule has 0 saturated heterocycles. The van der Waals surface area contributed by atoms with E-state index in [4.69, 9.17) is 17.2 Å². The Balaban J connectivity index is 1.69. The maximum Gasteiger partial charge on any atom is 0.122 e. The molecule has 4 aromatic rings. The van der Waals surface area contributed by atoms with Gasteiger partial charge in [-0.3, -0.25) is 0 Å². The SMILES string of the molecule is Nc1ccc(CC(Cc2cccc(N)c2)c2cccc(Cc3ccccc3N)c2O)cc1. The van der Waals surface area contributed by atoms with Crippen LogP contribution in [0.4, 0.5) is 17.1 Å². The first-order chi connectivity index (χ1) is 15.5. The van der Waals surface area contributed by atoms with E-state index in [0.29, 0.717) is 12.2 Å². The van der Waals surface area contributed by atoms with Crippen LogP contribution in [0.3, 0.4) is 0 Å². The average Bonchev–Trinajstić information content (AvgIpc) is 2.78. The van der Waals surface area contributed by atoms with Gasteiger partial charge < -0.3 is 22.3 Å². The molecule has 4 nitrogen and oxygen atoms in total. The fourth-order valence-corrected chi connectivity index (χ4v) is 4.22. The Bertz CT molecular complexity index is 1200. The van der Waals surface area contributed by atoms with E-state index in [2.05, 4.69) is 6.07 Å². The summed E-state index contributed by atoms with van der Waals surface area (Å²) in [5.74, 6) is 0.411. The number of phenols is 1. The Labute approximate surface area is 189 Å². The van der Waals surface area contributed by atoms with Crippen molar-refractivity contribution >= 4 is 17.1 Å². The zero-order chi connectivity index (χ0) is 22.5. The van der Waals surface area contributed by atoms with Crippen molar-refractivity contribution < 1.29 is 5.11 Å². The molecule has 7 N–H and O–H groups in total. The monoisotopic (exact) mass is 423 g/mol. The molecule has 0 spiro atoms. The third kappa shape index (κ3) is 5.03. The molecule has 0 fully saturated rings. The van der Waals surface area contributed by atoms with Crippen LogP contribution in [0.15, 0.2) is 91.0 Å². The molecule has 162 valence electrons. The van der Waals surface area contributed by atoms with Crippen LogP contribution >= 0.6 is 0 Å². The summed E-state index contributed by atoms with van der Waals surface area (Å²) >= 11 is 0. The van der Waals surface area contributed by atoms with Crippen LogP contribution in [0.1, 0.15) is 33.7 Å². The van der Waals surface area contributed by atoms with Gasteiger partial charge in [-0.25, -0.2) is 0 Å². The van der Waals surface area contributed by atoms with Crippen molar-refractivity contribution in [3.8, 4) is 5.75 Å². The third-order valence-electron chi connectivity index (χ3n) is 5.92. The van der Waals surface area contributed by atoms with Crippen LogP contribution in [0.2, 0.25) is 0 Å². The van der Waals surface area contributed by atoms with Crippen molar-refractivity contribution in [3.63, 3.8) is 0 Å². The van der Waals surface area contributed by atoms with Crippen molar-refractivity contribution in [1.29, 1.82) is 0 Å². The van der Waals surface area contributed by atoms with Gasteiger partial charge in [0.05, 0.1) is 0 Å². The zero-order valence-corrected chi connectivity index (χ0v) is 18.0. The van der Waals surface area contributed by atoms with Gasteiger partial charge in [-0.2, -0.15) is 0 Å². The zero-order valence-electron chi connectivity index (χ0n) is 18.0. The van der Waals surface area contributed by atoms with E-state index < -0.39 is 0 Å². The standard InChI is InChI=1S/C28H29N3O/c29-24-13-11-19(12-14-24)15-23(16-20-5-3-8-25(30)17-20)26-9-4-7-22(28(26)32)18-21-6-1-2-10-27(21)31/h1-14,17,23,32H,15-16,18,29-31H2. The Kier molecular flexibility index (Phi) is 6.31. The summed E-state index contributed by atoms with van der Waals surface area (Å²) in [4.78, 5) is 0. The summed E-state index contributed by atoms with van der Waals surface area (Å²) in [5, 5.41) is 11.3. The van der Waals surface area contributed by atoms with Crippen LogP contribution in [-0.2, 0) is 19.3 Å². The number of phenolic OH excluding ortho intramolecular Hbond substituents is 1. The lowest BCUT2D eigenvalue weighted by atomic mass is 9.84. The number of aromatic hydroxyl groups is 1. The molecule has 0 aliphatic carbocycles. The first kappa shape index (κ1) is 21.3. The van der Waals surface area contributed by atoms with E-state index in [1.54, 1.807) is 0 Å². The van der Waals surface area contributed by atoms with Gasteiger partial charge in [0.15, 0.2) is 0 Å². The Morgan fingerprint density at radius 1 is 0.625 bits per heavy atom. The average molecular weight is 424 g/mol. The Hall–Kier alpha value is -3.92. The van der Waals surface area contributed by atoms with E-state index in [1.807, 2.05) is 84.9 Å². The minimum atomic E-state index is 0.0773. The summed E-state index contributed by atoms with van der Waals surface area (Å²) in [7, 11) is 0. The molecule has 1 atom stereocenters.